The van der Waals surface area contributed by atoms with Crippen LogP contribution in [0.5, 0.6) is 0 Å². The standard InChI is InChI=1S/C64H70N12O4/c1-5-9-33-65-57(77)41-73-37-17-13-21-53(73)61-45-25-27-47(69-45)62(54-22-14-18-38-74(54)42-58(78)66-34-10-6-2)49-29-31-51(71-49)64(56-24-16-20-40-76(56)44-60(80)68-36-12-8-4)52-32-30-50(72-52)63(48-28-26-46(61)70-48)55-23-15-19-39-75(55)43-59(79)67-35-11-7-3/h13-32,37-40H,5-12,33-36,41-44H2,1-4H3,(H2-3,65,66,67,68,69,70,71,72,77,78,79,80)/p+4. The summed E-state index contributed by atoms with van der Waals surface area (Å²) in [5, 5.41) is 12.4. The van der Waals surface area contributed by atoms with Crippen LogP contribution in [0.3, 0.4) is 0 Å². The van der Waals surface area contributed by atoms with Gasteiger partial charge in [-0.2, -0.15) is 18.3 Å². The Kier molecular flexibility index (Phi) is 18.9. The third kappa shape index (κ3) is 13.3. The Balaban J connectivity index is 1.38. The number of H-pyrrole nitrogens is 2. The number of fused-ring (bicyclic) bond motifs is 8. The van der Waals surface area contributed by atoms with Crippen LogP contribution in [0.4, 0.5) is 0 Å². The highest BCUT2D eigenvalue weighted by Crippen LogP contribution is 2.37. The summed E-state index contributed by atoms with van der Waals surface area (Å²) < 4.78 is 7.81. The van der Waals surface area contributed by atoms with E-state index in [1.54, 1.807) is 0 Å². The first kappa shape index (κ1) is 55.8. The van der Waals surface area contributed by atoms with Gasteiger partial charge in [0.05, 0.1) is 67.1 Å². The average Bonchev–Trinajstić information content (AvgIpc) is 4.40. The zero-order valence-electron chi connectivity index (χ0n) is 46.5. The Morgan fingerprint density at radius 1 is 0.362 bits per heavy atom. The number of hydrogen-bond donors (Lipinski definition) is 6. The number of nitrogens with zero attached hydrogens (tertiary/aromatic N) is 6. The minimum absolute atomic E-state index is 0.0637. The van der Waals surface area contributed by atoms with E-state index in [0.717, 1.165) is 113 Å². The molecule has 7 aromatic heterocycles. The van der Waals surface area contributed by atoms with Gasteiger partial charge in [0.15, 0.2) is 24.8 Å². The van der Waals surface area contributed by atoms with Crippen molar-refractivity contribution < 1.29 is 37.4 Å². The zero-order chi connectivity index (χ0) is 55.8. The summed E-state index contributed by atoms with van der Waals surface area (Å²) in [5.74, 6) is -0.418. The molecule has 4 amide bonds. The second kappa shape index (κ2) is 27.1. The predicted molar refractivity (Wildman–Crippen MR) is 313 cm³/mol. The molecule has 16 nitrogen and oxygen atoms in total. The number of aromatic amines is 2. The highest BCUT2D eigenvalue weighted by molar-refractivity contribution is 5.98. The van der Waals surface area contributed by atoms with E-state index in [1.807, 2.05) is 164 Å². The SMILES string of the molecule is CCCCNC(=O)C[n+]1ccccc1-c1c2nc(c(-c3cccc[n+]3CC(=O)NCCCC)c3ccc([nH]3)c(-c3cccc[n+]3CC(=O)NCCCC)c3ccc([nH]3)c(-c3cccc[n+]3CC(=O)NCCCC)c3nc1C=C3)C=C2. The molecule has 0 saturated carbocycles. The van der Waals surface area contributed by atoms with Crippen molar-refractivity contribution in [2.45, 2.75) is 105 Å². The fraction of sp³-hybridized carbons (Fsp3) is 0.312. The lowest BCUT2D eigenvalue weighted by Gasteiger charge is -2.08. The molecule has 0 unspecified atom stereocenters. The van der Waals surface area contributed by atoms with E-state index >= 15 is 0 Å². The lowest BCUT2D eigenvalue weighted by atomic mass is 10.1. The maximum atomic E-state index is 13.7. The Hall–Kier alpha value is -8.92. The largest absolute Gasteiger partial charge is 0.354 e. The number of amides is 4. The van der Waals surface area contributed by atoms with E-state index in [1.165, 1.54) is 0 Å². The number of aromatic nitrogens is 8. The van der Waals surface area contributed by atoms with Crippen LogP contribution in [0.1, 0.15) is 102 Å². The molecule has 0 spiro atoms. The van der Waals surface area contributed by atoms with Crippen molar-refractivity contribution in [3.63, 3.8) is 0 Å². The van der Waals surface area contributed by atoms with Gasteiger partial charge in [-0.3, -0.25) is 19.2 Å². The summed E-state index contributed by atoms with van der Waals surface area (Å²) in [6, 6.07) is 31.7. The molecule has 6 N–H and O–H groups in total. The van der Waals surface area contributed by atoms with Crippen molar-refractivity contribution in [2.75, 3.05) is 26.2 Å². The lowest BCUT2D eigenvalue weighted by molar-refractivity contribution is -0.673. The monoisotopic (exact) mass is 1070 g/mol. The smallest absolute Gasteiger partial charge is 0.286 e. The summed E-state index contributed by atoms with van der Waals surface area (Å²) in [7, 11) is 0. The topological polar surface area (TPSA) is 189 Å². The van der Waals surface area contributed by atoms with Gasteiger partial charge in [-0.1, -0.05) is 53.4 Å². The van der Waals surface area contributed by atoms with Gasteiger partial charge in [0.2, 0.25) is 49.0 Å². The molecule has 0 fully saturated rings. The molecule has 2 aliphatic heterocycles. The number of carbonyl (C=O) groups excluding carboxylic acids is 4. The van der Waals surface area contributed by atoms with Gasteiger partial charge in [-0.05, 0) is 98.5 Å². The molecule has 0 radical (unpaired) electrons. The van der Waals surface area contributed by atoms with Gasteiger partial charge in [0, 0.05) is 74.7 Å². The van der Waals surface area contributed by atoms with Crippen molar-refractivity contribution in [2.24, 2.45) is 0 Å². The third-order valence-corrected chi connectivity index (χ3v) is 14.2. The van der Waals surface area contributed by atoms with Crippen molar-refractivity contribution in [1.29, 1.82) is 0 Å². The number of pyridine rings is 4. The molecular weight excluding hydrogens is 1000 g/mol. The van der Waals surface area contributed by atoms with Crippen molar-refractivity contribution in [3.05, 3.63) is 145 Å². The molecule has 80 heavy (non-hydrogen) atoms. The highest BCUT2D eigenvalue weighted by atomic mass is 16.2. The Labute approximate surface area is 467 Å². The van der Waals surface area contributed by atoms with Gasteiger partial charge in [-0.25, -0.2) is 9.97 Å². The van der Waals surface area contributed by atoms with E-state index in [-0.39, 0.29) is 49.8 Å². The van der Waals surface area contributed by atoms with E-state index in [0.29, 0.717) is 54.5 Å². The molecule has 410 valence electrons. The van der Waals surface area contributed by atoms with Crippen LogP contribution in [0, 0.1) is 0 Å². The summed E-state index contributed by atoms with van der Waals surface area (Å²) >= 11 is 0. The quantitative estimate of drug-likeness (QED) is 0.0262. The molecule has 0 aliphatic carbocycles. The van der Waals surface area contributed by atoms with E-state index in [9.17, 15) is 19.2 Å². The average molecular weight is 1080 g/mol. The van der Waals surface area contributed by atoms with Crippen LogP contribution >= 0.6 is 0 Å². The molecule has 7 aromatic rings. The number of carbonyl (C=O) groups is 4. The molecule has 9 rings (SSSR count). The maximum absolute atomic E-state index is 13.7. The Morgan fingerprint density at radius 2 is 0.625 bits per heavy atom. The summed E-state index contributed by atoms with van der Waals surface area (Å²) in [6.07, 6.45) is 23.0. The predicted octanol–water partition coefficient (Wildman–Crippen LogP) is 8.14. The summed E-state index contributed by atoms with van der Waals surface area (Å²) in [6.45, 7) is 11.0. The molecule has 8 bridgehead atoms. The van der Waals surface area contributed by atoms with E-state index in [4.69, 9.17) is 9.97 Å². The molecule has 16 heteroatoms. The summed E-state index contributed by atoms with van der Waals surface area (Å²) in [5.41, 5.74) is 11.4. The minimum atomic E-state index is -0.111. The second-order valence-corrected chi connectivity index (χ2v) is 20.2. The van der Waals surface area contributed by atoms with Gasteiger partial charge >= 0.3 is 0 Å². The van der Waals surface area contributed by atoms with Crippen molar-refractivity contribution in [3.8, 4) is 45.0 Å². The first-order chi connectivity index (χ1) is 39.2. The Morgan fingerprint density at radius 3 is 0.925 bits per heavy atom. The van der Waals surface area contributed by atoms with E-state index < -0.39 is 0 Å². The van der Waals surface area contributed by atoms with Gasteiger partial charge in [-0.15, -0.1) is 0 Å². The molecular formula is C64H74N12O4+4. The fourth-order valence-corrected chi connectivity index (χ4v) is 10.1. The first-order valence-corrected chi connectivity index (χ1v) is 28.4. The molecule has 9 heterocycles. The maximum Gasteiger partial charge on any atom is 0.286 e. The molecule has 0 aromatic carbocycles. The zero-order valence-corrected chi connectivity index (χ0v) is 46.5. The highest BCUT2D eigenvalue weighted by Gasteiger charge is 2.30. The van der Waals surface area contributed by atoms with Gasteiger partial charge in [0.1, 0.15) is 0 Å². The number of hydrogen-bond acceptors (Lipinski definition) is 6. The number of rotatable bonds is 24. The van der Waals surface area contributed by atoms with Crippen LogP contribution in [0.2, 0.25) is 0 Å². The van der Waals surface area contributed by atoms with Gasteiger partial charge < -0.3 is 31.2 Å². The summed E-state index contributed by atoms with van der Waals surface area (Å²) in [4.78, 5) is 73.4. The molecule has 0 saturated heterocycles. The Bertz CT molecular complexity index is 3470. The van der Waals surface area contributed by atoms with Crippen LogP contribution in [-0.2, 0) is 45.4 Å². The van der Waals surface area contributed by atoms with Crippen LogP contribution in [0.15, 0.2) is 122 Å². The first-order valence-electron chi connectivity index (χ1n) is 28.4. The molecule has 0 atom stereocenters. The number of unbranched alkanes of at least 4 members (excludes halogenated alkanes) is 4. The van der Waals surface area contributed by atoms with Crippen molar-refractivity contribution >= 4 is 70.0 Å². The van der Waals surface area contributed by atoms with Crippen LogP contribution in [0.25, 0.3) is 91.4 Å². The van der Waals surface area contributed by atoms with Gasteiger partial charge in [0.25, 0.3) is 23.6 Å². The minimum Gasteiger partial charge on any atom is -0.354 e. The van der Waals surface area contributed by atoms with Crippen LogP contribution in [-0.4, -0.2) is 69.7 Å². The van der Waals surface area contributed by atoms with Crippen molar-refractivity contribution in [1.82, 2.24) is 41.2 Å². The molecule has 2 aliphatic rings. The third-order valence-electron chi connectivity index (χ3n) is 14.2. The van der Waals surface area contributed by atoms with Crippen LogP contribution < -0.4 is 39.5 Å². The van der Waals surface area contributed by atoms with E-state index in [2.05, 4.69) is 58.9 Å². The fourth-order valence-electron chi connectivity index (χ4n) is 10.1. The number of nitrogens with one attached hydrogen (secondary N) is 6. The second-order valence-electron chi connectivity index (χ2n) is 20.2. The lowest BCUT2D eigenvalue weighted by Crippen LogP contribution is -2.44. The normalized spacial score (nSPS) is 11.7.